The van der Waals surface area contributed by atoms with Gasteiger partial charge in [0.1, 0.15) is 16.1 Å². The van der Waals surface area contributed by atoms with Crippen LogP contribution in [-0.2, 0) is 26.8 Å². The topological polar surface area (TPSA) is 84.9 Å². The highest BCUT2D eigenvalue weighted by atomic mass is 28.2. The number of benzene rings is 2. The first-order valence-corrected chi connectivity index (χ1v) is 13.8. The van der Waals surface area contributed by atoms with Crippen LogP contribution in [0.3, 0.4) is 0 Å². The number of carboxylic acids is 1. The van der Waals surface area contributed by atoms with Crippen LogP contribution >= 0.6 is 0 Å². The highest BCUT2D eigenvalue weighted by Crippen LogP contribution is 2.40. The third kappa shape index (κ3) is 9.31. The molecule has 0 radical (unpaired) electrons. The van der Waals surface area contributed by atoms with Crippen molar-refractivity contribution in [2.45, 2.75) is 85.0 Å². The van der Waals surface area contributed by atoms with Crippen LogP contribution in [0.4, 0.5) is 4.79 Å². The Morgan fingerprint density at radius 3 is 1.86 bits per heavy atom. The van der Waals surface area contributed by atoms with Gasteiger partial charge in [-0.25, -0.2) is 9.59 Å². The van der Waals surface area contributed by atoms with Gasteiger partial charge in [-0.1, -0.05) is 88.4 Å². The van der Waals surface area contributed by atoms with E-state index < -0.39 is 23.3 Å². The Balaban J connectivity index is 2.56. The summed E-state index contributed by atoms with van der Waals surface area (Å²) in [5.41, 5.74) is -0.226. The summed E-state index contributed by atoms with van der Waals surface area (Å²) in [4.78, 5) is 25.9. The second-order valence-electron chi connectivity index (χ2n) is 12.1. The predicted octanol–water partition coefficient (Wildman–Crippen LogP) is 5.17. The van der Waals surface area contributed by atoms with Crippen LogP contribution in [0.15, 0.2) is 60.7 Å². The number of hydrogen-bond donors (Lipinski definition) is 2. The number of carbonyl (C=O) groups is 2. The highest BCUT2D eigenvalue weighted by molar-refractivity contribution is 6.00. The zero-order valence-electron chi connectivity index (χ0n) is 23.7. The number of carbonyl (C=O) groups excluding carboxylic acids is 1. The molecule has 0 fully saturated rings. The van der Waals surface area contributed by atoms with E-state index in [9.17, 15) is 14.7 Å². The van der Waals surface area contributed by atoms with Crippen LogP contribution < -0.4 is 5.32 Å². The van der Waals surface area contributed by atoms with Crippen molar-refractivity contribution < 1.29 is 23.9 Å². The molecule has 0 aromatic heterocycles. The molecule has 0 aliphatic rings. The average molecular weight is 528 g/mol. The largest absolute Gasteiger partial charge is 0.479 e. The summed E-state index contributed by atoms with van der Waals surface area (Å²) in [5.74, 6) is -1.13. The van der Waals surface area contributed by atoms with Crippen molar-refractivity contribution in [1.82, 2.24) is 5.32 Å². The molecule has 6 nitrogen and oxygen atoms in total. The van der Waals surface area contributed by atoms with E-state index in [1.165, 1.54) is 0 Å². The van der Waals surface area contributed by atoms with Crippen molar-refractivity contribution in [3.63, 3.8) is 0 Å². The molecule has 2 aromatic carbocycles. The molecule has 0 heterocycles. The minimum atomic E-state index is -1.40. The van der Waals surface area contributed by atoms with Gasteiger partial charge in [-0.05, 0) is 62.0 Å². The number of rotatable bonds is 11. The first kappa shape index (κ1) is 30.6. The maximum atomic E-state index is 13.0. The van der Waals surface area contributed by atoms with Crippen LogP contribution in [0, 0.1) is 17.3 Å². The number of ether oxygens (including phenoxy) is 1. The van der Waals surface area contributed by atoms with Crippen LogP contribution in [-0.4, -0.2) is 44.9 Å². The third-order valence-corrected chi connectivity index (χ3v) is 7.99. The molecular weight excluding hydrogens is 482 g/mol. The van der Waals surface area contributed by atoms with E-state index in [0.29, 0.717) is 6.42 Å². The van der Waals surface area contributed by atoms with Crippen molar-refractivity contribution in [3.05, 3.63) is 71.8 Å². The van der Waals surface area contributed by atoms with E-state index in [-0.39, 0.29) is 46.6 Å². The Hall–Kier alpha value is -2.64. The van der Waals surface area contributed by atoms with Crippen LogP contribution in [0.25, 0.3) is 0 Å². The number of carboxylic acid groups (broad SMARTS) is 1. The fourth-order valence-corrected chi connectivity index (χ4v) is 5.22. The molecule has 4 atom stereocenters. The van der Waals surface area contributed by atoms with Gasteiger partial charge in [-0.15, -0.1) is 0 Å². The molecule has 7 heteroatoms. The number of nitrogens with one attached hydrogen (secondary N) is 1. The number of amides is 1. The minimum absolute atomic E-state index is 0.0578. The molecule has 0 aliphatic carbocycles. The smallest absolute Gasteiger partial charge is 0.407 e. The summed E-state index contributed by atoms with van der Waals surface area (Å²) in [6.07, 6.45) is 0.556. The van der Waals surface area contributed by atoms with Gasteiger partial charge in [-0.3, -0.25) is 0 Å². The molecule has 0 saturated carbocycles. The molecule has 2 N–H and O–H groups in total. The van der Waals surface area contributed by atoms with Crippen LogP contribution in [0.1, 0.15) is 66.0 Å². The van der Waals surface area contributed by atoms with Gasteiger partial charge < -0.3 is 19.6 Å². The second kappa shape index (κ2) is 12.7. The normalized spacial score (nSPS) is 16.3. The van der Waals surface area contributed by atoms with E-state index in [1.54, 1.807) is 0 Å². The zero-order chi connectivity index (χ0) is 27.9. The lowest BCUT2D eigenvalue weighted by Crippen LogP contribution is -2.53. The van der Waals surface area contributed by atoms with Gasteiger partial charge in [0.2, 0.25) is 0 Å². The molecule has 204 valence electrons. The zero-order valence-corrected chi connectivity index (χ0v) is 25.7. The summed E-state index contributed by atoms with van der Waals surface area (Å²) in [6, 6.07) is 19.2. The lowest BCUT2D eigenvalue weighted by atomic mass is 9.66. The molecule has 0 saturated heterocycles. The molecule has 0 aliphatic heterocycles. The lowest BCUT2D eigenvalue weighted by molar-refractivity contribution is -0.158. The Morgan fingerprint density at radius 1 is 0.919 bits per heavy atom. The highest BCUT2D eigenvalue weighted by Gasteiger charge is 2.46. The Bertz CT molecular complexity index is 1000. The molecule has 2 rings (SSSR count). The van der Waals surface area contributed by atoms with Crippen molar-refractivity contribution in [3.8, 4) is 0 Å². The number of alkyl carbamates (subject to hydrolysis) is 1. The monoisotopic (exact) mass is 527 g/mol. The van der Waals surface area contributed by atoms with Crippen molar-refractivity contribution in [1.29, 1.82) is 0 Å². The van der Waals surface area contributed by atoms with Gasteiger partial charge in [0.25, 0.3) is 0 Å². The van der Waals surface area contributed by atoms with Gasteiger partial charge >= 0.3 is 12.1 Å². The van der Waals surface area contributed by atoms with Gasteiger partial charge in [0, 0.05) is 12.5 Å². The Morgan fingerprint density at radius 2 is 1.43 bits per heavy atom. The first-order chi connectivity index (χ1) is 17.2. The summed E-state index contributed by atoms with van der Waals surface area (Å²) < 4.78 is 11.6. The van der Waals surface area contributed by atoms with Gasteiger partial charge in [0.05, 0.1) is 0 Å². The van der Waals surface area contributed by atoms with Crippen molar-refractivity contribution >= 4 is 22.5 Å². The van der Waals surface area contributed by atoms with E-state index in [4.69, 9.17) is 9.16 Å². The van der Waals surface area contributed by atoms with E-state index >= 15 is 0 Å². The molecule has 1 unspecified atom stereocenters. The Labute approximate surface area is 225 Å². The molecular formula is C30H45NO5Si. The number of hydrogen-bond acceptors (Lipinski definition) is 4. The summed E-state index contributed by atoms with van der Waals surface area (Å²) in [5, 5.41) is 13.6. The summed E-state index contributed by atoms with van der Waals surface area (Å²) in [7, 11) is 0.268. The van der Waals surface area contributed by atoms with Gasteiger partial charge in [-0.2, -0.15) is 0 Å². The molecule has 2 aromatic rings. The lowest BCUT2D eigenvalue weighted by Gasteiger charge is -2.43. The first-order valence-electron chi connectivity index (χ1n) is 13.0. The molecule has 0 spiro atoms. The maximum absolute atomic E-state index is 13.0. The molecule has 1 amide bonds. The van der Waals surface area contributed by atoms with Crippen molar-refractivity contribution in [2.24, 2.45) is 17.3 Å². The standard InChI is InChI=1S/C30H45NO5Si/c1-21(28(2,3)4)24(20-30(36-37,26(32)33)19-23-16-12-9-13-17-23)25(18-22-14-10-8-11-15-22)31-27(34)35-29(5,6)7/h8-17,21,24-25H,18-20H2,1-7,37H3,(H,31,34)(H,32,33)/t21?,24-,25-,30-/m0/s1. The van der Waals surface area contributed by atoms with Crippen LogP contribution in [0.5, 0.6) is 0 Å². The number of aliphatic carboxylic acids is 1. The van der Waals surface area contributed by atoms with E-state index in [1.807, 2.05) is 81.4 Å². The molecule has 37 heavy (non-hydrogen) atoms. The quantitative estimate of drug-likeness (QED) is 0.394. The van der Waals surface area contributed by atoms with Crippen LogP contribution in [0.2, 0.25) is 0 Å². The van der Waals surface area contributed by atoms with E-state index in [0.717, 1.165) is 11.1 Å². The predicted molar refractivity (Wildman–Crippen MR) is 152 cm³/mol. The summed E-state index contributed by atoms with van der Waals surface area (Å²) >= 11 is 0. The summed E-state index contributed by atoms with van der Waals surface area (Å²) in [6.45, 7) is 14.1. The fourth-order valence-electron chi connectivity index (χ4n) is 4.73. The SMILES string of the molecule is CC([C@H](C[C@](Cc1ccccc1)(O[SiH3])C(=O)O)[C@H](Cc1ccccc1)NC(=O)OC(C)(C)C)C(C)(C)C. The fraction of sp³-hybridized carbons (Fsp3) is 0.533. The second-order valence-corrected chi connectivity index (χ2v) is 12.5. The maximum Gasteiger partial charge on any atom is 0.407 e. The van der Waals surface area contributed by atoms with Gasteiger partial charge in [0.15, 0.2) is 5.60 Å². The molecule has 0 bridgehead atoms. The third-order valence-electron chi connectivity index (χ3n) is 7.20. The Kier molecular flexibility index (Phi) is 10.5. The average Bonchev–Trinajstić information content (AvgIpc) is 2.80. The van der Waals surface area contributed by atoms with Crippen molar-refractivity contribution in [2.75, 3.05) is 0 Å². The minimum Gasteiger partial charge on any atom is -0.479 e. The van der Waals surface area contributed by atoms with E-state index in [2.05, 4.69) is 33.0 Å².